The summed E-state index contributed by atoms with van der Waals surface area (Å²) in [6.45, 7) is 0. The van der Waals surface area contributed by atoms with Gasteiger partial charge >= 0.3 is 0 Å². The van der Waals surface area contributed by atoms with E-state index in [1.807, 2.05) is 6.07 Å². The second-order valence-electron chi connectivity index (χ2n) is 6.10. The standard InChI is InChI=1S/C18H16N4O4/c1-26-11-3-4-12-10(8-11)2-5-13(16(12)23)20-17(24)14-9-15-18(25)19-6-7-22(15)21-14/h3-4,6-9,13H,2,5H2,1H3,(H,19,25)(H,20,24). The van der Waals surface area contributed by atoms with Crippen molar-refractivity contribution in [1.82, 2.24) is 19.9 Å². The molecule has 2 N–H and O–H groups in total. The zero-order valence-electron chi connectivity index (χ0n) is 14.0. The second-order valence-corrected chi connectivity index (χ2v) is 6.10. The molecule has 1 amide bonds. The summed E-state index contributed by atoms with van der Waals surface area (Å²) in [5, 5.41) is 6.81. The Balaban J connectivity index is 1.56. The highest BCUT2D eigenvalue weighted by molar-refractivity contribution is 6.05. The Morgan fingerprint density at radius 1 is 1.35 bits per heavy atom. The molecule has 0 fully saturated rings. The predicted molar refractivity (Wildman–Crippen MR) is 92.7 cm³/mol. The van der Waals surface area contributed by atoms with Gasteiger partial charge < -0.3 is 15.0 Å². The minimum atomic E-state index is -0.619. The first-order valence-electron chi connectivity index (χ1n) is 8.16. The van der Waals surface area contributed by atoms with Gasteiger partial charge in [-0.15, -0.1) is 0 Å². The molecule has 4 rings (SSSR count). The van der Waals surface area contributed by atoms with E-state index in [4.69, 9.17) is 4.74 Å². The van der Waals surface area contributed by atoms with Crippen LogP contribution in [0.15, 0.2) is 41.5 Å². The number of fused-ring (bicyclic) bond motifs is 2. The van der Waals surface area contributed by atoms with E-state index in [0.29, 0.717) is 24.2 Å². The Morgan fingerprint density at radius 2 is 2.19 bits per heavy atom. The van der Waals surface area contributed by atoms with Crippen LogP contribution in [-0.4, -0.2) is 39.4 Å². The van der Waals surface area contributed by atoms with E-state index in [1.165, 1.54) is 16.8 Å². The maximum Gasteiger partial charge on any atom is 0.273 e. The largest absolute Gasteiger partial charge is 0.497 e. The lowest BCUT2D eigenvalue weighted by Crippen LogP contribution is -2.43. The van der Waals surface area contributed by atoms with Gasteiger partial charge in [0.1, 0.15) is 11.3 Å². The lowest BCUT2D eigenvalue weighted by Gasteiger charge is -2.24. The quantitative estimate of drug-likeness (QED) is 0.730. The number of aromatic nitrogens is 3. The minimum Gasteiger partial charge on any atom is -0.497 e. The third kappa shape index (κ3) is 2.65. The molecule has 132 valence electrons. The van der Waals surface area contributed by atoms with Gasteiger partial charge in [-0.05, 0) is 36.6 Å². The van der Waals surface area contributed by atoms with Gasteiger partial charge in [0.2, 0.25) is 0 Å². The summed E-state index contributed by atoms with van der Waals surface area (Å²) in [6.07, 6.45) is 4.15. The van der Waals surface area contributed by atoms with Gasteiger partial charge in [-0.2, -0.15) is 5.10 Å². The molecule has 8 heteroatoms. The topological polar surface area (TPSA) is 106 Å². The Bertz CT molecular complexity index is 1080. The summed E-state index contributed by atoms with van der Waals surface area (Å²) >= 11 is 0. The number of nitrogens with zero attached hydrogens (tertiary/aromatic N) is 2. The summed E-state index contributed by atoms with van der Waals surface area (Å²) in [5.41, 5.74) is 1.53. The minimum absolute atomic E-state index is 0.0926. The number of methoxy groups -OCH3 is 1. The number of rotatable bonds is 3. The monoisotopic (exact) mass is 352 g/mol. The summed E-state index contributed by atoms with van der Waals surface area (Å²) in [4.78, 5) is 39.4. The SMILES string of the molecule is COc1ccc2c(c1)CCC(NC(=O)c1cc3c(=O)[nH]ccn3n1)C2=O. The zero-order chi connectivity index (χ0) is 18.3. The first-order valence-corrected chi connectivity index (χ1v) is 8.16. The van der Waals surface area contributed by atoms with Gasteiger partial charge in [0.05, 0.1) is 13.2 Å². The van der Waals surface area contributed by atoms with E-state index in [-0.39, 0.29) is 22.6 Å². The number of aryl methyl sites for hydroxylation is 1. The molecule has 3 aromatic rings. The van der Waals surface area contributed by atoms with Crippen molar-refractivity contribution in [2.75, 3.05) is 7.11 Å². The molecule has 1 aromatic carbocycles. The number of nitrogens with one attached hydrogen (secondary N) is 2. The van der Waals surface area contributed by atoms with Crippen LogP contribution in [0.3, 0.4) is 0 Å². The fourth-order valence-corrected chi connectivity index (χ4v) is 3.18. The van der Waals surface area contributed by atoms with Crippen molar-refractivity contribution in [1.29, 1.82) is 0 Å². The van der Waals surface area contributed by atoms with E-state index in [0.717, 1.165) is 5.56 Å². The Kier molecular flexibility index (Phi) is 3.80. The molecule has 0 saturated heterocycles. The van der Waals surface area contributed by atoms with E-state index < -0.39 is 11.9 Å². The number of benzene rings is 1. The van der Waals surface area contributed by atoms with Crippen LogP contribution < -0.4 is 15.6 Å². The number of Topliss-reactive ketones (excluding diaryl/α,β-unsaturated/α-hetero) is 1. The average Bonchev–Trinajstić information content (AvgIpc) is 3.09. The summed E-state index contributed by atoms with van der Waals surface area (Å²) in [7, 11) is 1.58. The van der Waals surface area contributed by atoms with Crippen LogP contribution in [-0.2, 0) is 6.42 Å². The molecule has 0 saturated carbocycles. The fraction of sp³-hybridized carbons (Fsp3) is 0.222. The smallest absolute Gasteiger partial charge is 0.273 e. The number of ether oxygens (including phenoxy) is 1. The molecule has 0 radical (unpaired) electrons. The van der Waals surface area contributed by atoms with Crippen molar-refractivity contribution in [2.45, 2.75) is 18.9 Å². The van der Waals surface area contributed by atoms with Crippen molar-refractivity contribution in [3.8, 4) is 5.75 Å². The number of hydrogen-bond acceptors (Lipinski definition) is 5. The number of hydrogen-bond donors (Lipinski definition) is 2. The van der Waals surface area contributed by atoms with Crippen molar-refractivity contribution >= 4 is 17.2 Å². The van der Waals surface area contributed by atoms with Gasteiger partial charge in [0.25, 0.3) is 11.5 Å². The fourth-order valence-electron chi connectivity index (χ4n) is 3.18. The first kappa shape index (κ1) is 16.1. The van der Waals surface area contributed by atoms with Crippen LogP contribution >= 0.6 is 0 Å². The normalized spacial score (nSPS) is 16.3. The highest BCUT2D eigenvalue weighted by Gasteiger charge is 2.29. The predicted octanol–water partition coefficient (Wildman–Crippen LogP) is 0.959. The van der Waals surface area contributed by atoms with Gasteiger partial charge in [0, 0.05) is 24.0 Å². The molecule has 2 aromatic heterocycles. The molecule has 26 heavy (non-hydrogen) atoms. The van der Waals surface area contributed by atoms with Gasteiger partial charge in [-0.3, -0.25) is 14.4 Å². The van der Waals surface area contributed by atoms with E-state index in [9.17, 15) is 14.4 Å². The average molecular weight is 352 g/mol. The van der Waals surface area contributed by atoms with Gasteiger partial charge in [0.15, 0.2) is 11.5 Å². The van der Waals surface area contributed by atoms with Gasteiger partial charge in [-0.1, -0.05) is 0 Å². The number of ketones is 1. The maximum atomic E-state index is 12.7. The van der Waals surface area contributed by atoms with Crippen LogP contribution in [0.1, 0.15) is 32.8 Å². The van der Waals surface area contributed by atoms with Crippen LogP contribution in [0.25, 0.3) is 5.52 Å². The van der Waals surface area contributed by atoms with Crippen molar-refractivity contribution in [2.24, 2.45) is 0 Å². The lowest BCUT2D eigenvalue weighted by molar-refractivity contribution is 0.0842. The molecule has 1 aliphatic carbocycles. The zero-order valence-corrected chi connectivity index (χ0v) is 14.0. The molecule has 0 bridgehead atoms. The molecule has 1 atom stereocenters. The Morgan fingerprint density at radius 3 is 2.96 bits per heavy atom. The van der Waals surface area contributed by atoms with Crippen LogP contribution in [0.5, 0.6) is 5.75 Å². The highest BCUT2D eigenvalue weighted by Crippen LogP contribution is 2.25. The summed E-state index contributed by atoms with van der Waals surface area (Å²) < 4.78 is 6.51. The molecule has 1 unspecified atom stereocenters. The molecular formula is C18H16N4O4. The number of amides is 1. The van der Waals surface area contributed by atoms with Crippen molar-refractivity contribution < 1.29 is 14.3 Å². The van der Waals surface area contributed by atoms with Crippen LogP contribution in [0.2, 0.25) is 0 Å². The molecule has 2 heterocycles. The number of H-pyrrole nitrogens is 1. The third-order valence-corrected chi connectivity index (χ3v) is 4.53. The summed E-state index contributed by atoms with van der Waals surface area (Å²) in [5.74, 6) is 0.0845. The number of carbonyl (C=O) groups is 2. The molecule has 0 spiro atoms. The highest BCUT2D eigenvalue weighted by atomic mass is 16.5. The maximum absolute atomic E-state index is 12.7. The molecule has 0 aliphatic heterocycles. The lowest BCUT2D eigenvalue weighted by atomic mass is 9.87. The molecule has 8 nitrogen and oxygen atoms in total. The Labute approximate surface area is 147 Å². The van der Waals surface area contributed by atoms with Crippen molar-refractivity contribution in [3.63, 3.8) is 0 Å². The van der Waals surface area contributed by atoms with Crippen LogP contribution in [0.4, 0.5) is 0 Å². The van der Waals surface area contributed by atoms with Crippen molar-refractivity contribution in [3.05, 3.63) is 63.8 Å². The van der Waals surface area contributed by atoms with E-state index >= 15 is 0 Å². The first-order chi connectivity index (χ1) is 12.6. The second kappa shape index (κ2) is 6.14. The van der Waals surface area contributed by atoms with E-state index in [1.54, 1.807) is 25.4 Å². The number of aromatic amines is 1. The number of carbonyl (C=O) groups excluding carboxylic acids is 2. The van der Waals surface area contributed by atoms with Crippen LogP contribution in [0, 0.1) is 0 Å². The third-order valence-electron chi connectivity index (χ3n) is 4.53. The van der Waals surface area contributed by atoms with E-state index in [2.05, 4.69) is 15.4 Å². The Hall–Kier alpha value is -3.42. The molecular weight excluding hydrogens is 336 g/mol. The molecule has 1 aliphatic rings. The summed E-state index contributed by atoms with van der Waals surface area (Å²) in [6, 6.07) is 6.08. The van der Waals surface area contributed by atoms with Gasteiger partial charge in [-0.25, -0.2) is 4.52 Å².